The van der Waals surface area contributed by atoms with Crippen LogP contribution in [-0.2, 0) is 0 Å². The van der Waals surface area contributed by atoms with Crippen molar-refractivity contribution >= 4 is 6.29 Å². The molecule has 0 spiro atoms. The molecule has 0 unspecified atom stereocenters. The molecule has 0 N–H and O–H groups in total. The number of aromatic nitrogens is 2. The van der Waals surface area contributed by atoms with Gasteiger partial charge >= 0.3 is 0 Å². The van der Waals surface area contributed by atoms with Crippen molar-refractivity contribution in [2.45, 2.75) is 6.04 Å². The van der Waals surface area contributed by atoms with Crippen molar-refractivity contribution in [2.75, 3.05) is 20.1 Å². The molecule has 2 rings (SSSR count). The molecule has 1 aromatic rings. The summed E-state index contributed by atoms with van der Waals surface area (Å²) >= 11 is 0. The average molecular weight is 165 g/mol. The van der Waals surface area contributed by atoms with Gasteiger partial charge in [0.15, 0.2) is 12.1 Å². The van der Waals surface area contributed by atoms with E-state index in [4.69, 9.17) is 0 Å². The highest BCUT2D eigenvalue weighted by Gasteiger charge is 2.25. The largest absolute Gasteiger partial charge is 0.323 e. The number of carbonyl (C=O) groups excluding carboxylic acids is 1. The molecule has 1 aliphatic rings. The van der Waals surface area contributed by atoms with Crippen molar-refractivity contribution in [2.24, 2.45) is 0 Å². The molecule has 64 valence electrons. The number of rotatable bonds is 2. The molecule has 0 amide bonds. The van der Waals surface area contributed by atoms with E-state index >= 15 is 0 Å². The van der Waals surface area contributed by atoms with E-state index in [2.05, 4.69) is 16.9 Å². The van der Waals surface area contributed by atoms with Crippen molar-refractivity contribution in [3.8, 4) is 0 Å². The molecule has 0 radical (unpaired) electrons. The number of carbonyl (C=O) groups is 1. The van der Waals surface area contributed by atoms with E-state index in [9.17, 15) is 4.79 Å². The lowest BCUT2D eigenvalue weighted by atomic mass is 10.1. The zero-order valence-electron chi connectivity index (χ0n) is 6.97. The predicted octanol–water partition coefficient (Wildman–Crippen LogP) is 0.182. The van der Waals surface area contributed by atoms with Crippen molar-refractivity contribution in [3.63, 3.8) is 0 Å². The highest BCUT2D eigenvalue weighted by atomic mass is 16.1. The monoisotopic (exact) mass is 165 g/mol. The summed E-state index contributed by atoms with van der Waals surface area (Å²) in [6.45, 7) is 2.02. The van der Waals surface area contributed by atoms with E-state index in [1.165, 1.54) is 0 Å². The van der Waals surface area contributed by atoms with Crippen LogP contribution in [-0.4, -0.2) is 40.9 Å². The Labute approximate surface area is 70.8 Å². The first-order chi connectivity index (χ1) is 5.81. The molecule has 1 aromatic heterocycles. The normalized spacial score (nSPS) is 19.1. The van der Waals surface area contributed by atoms with Crippen LogP contribution in [0.3, 0.4) is 0 Å². The van der Waals surface area contributed by atoms with E-state index in [-0.39, 0.29) is 0 Å². The Morgan fingerprint density at radius 3 is 3.00 bits per heavy atom. The maximum atomic E-state index is 10.5. The number of hydrogen-bond donors (Lipinski definition) is 0. The Bertz CT molecular complexity index is 288. The molecule has 4 heteroatoms. The maximum Gasteiger partial charge on any atom is 0.185 e. The topological polar surface area (TPSA) is 38.1 Å². The van der Waals surface area contributed by atoms with Crippen molar-refractivity contribution in [1.29, 1.82) is 0 Å². The Morgan fingerprint density at radius 1 is 1.67 bits per heavy atom. The lowest BCUT2D eigenvalue weighted by Crippen LogP contribution is -2.45. The van der Waals surface area contributed by atoms with Crippen molar-refractivity contribution < 1.29 is 4.79 Å². The lowest BCUT2D eigenvalue weighted by Gasteiger charge is -2.37. The summed E-state index contributed by atoms with van der Waals surface area (Å²) < 4.78 is 1.94. The second-order valence-corrected chi connectivity index (χ2v) is 3.19. The number of imidazole rings is 1. The fourth-order valence-electron chi connectivity index (χ4n) is 1.57. The van der Waals surface area contributed by atoms with E-state index in [0.717, 1.165) is 19.4 Å². The number of nitrogens with zero attached hydrogens (tertiary/aromatic N) is 3. The number of likely N-dealkylation sites (N-methyl/N-ethyl adjacent to an activating group) is 1. The molecule has 2 heterocycles. The summed E-state index contributed by atoms with van der Waals surface area (Å²) in [4.78, 5) is 16.7. The molecule has 0 aromatic carbocycles. The molecule has 4 nitrogen and oxygen atoms in total. The molecule has 0 saturated carbocycles. The van der Waals surface area contributed by atoms with Gasteiger partial charge in [0.05, 0.1) is 6.04 Å². The first-order valence-corrected chi connectivity index (χ1v) is 3.98. The van der Waals surface area contributed by atoms with Gasteiger partial charge in [-0.15, -0.1) is 0 Å². The van der Waals surface area contributed by atoms with E-state index in [1.54, 1.807) is 6.20 Å². The van der Waals surface area contributed by atoms with Gasteiger partial charge in [0.25, 0.3) is 0 Å². The number of likely N-dealkylation sites (tertiary alicyclic amines) is 1. The molecule has 1 fully saturated rings. The van der Waals surface area contributed by atoms with Crippen LogP contribution in [0.1, 0.15) is 16.7 Å². The fourth-order valence-corrected chi connectivity index (χ4v) is 1.57. The first kappa shape index (κ1) is 7.49. The van der Waals surface area contributed by atoms with Gasteiger partial charge < -0.3 is 9.47 Å². The summed E-state index contributed by atoms with van der Waals surface area (Å²) in [6.07, 6.45) is 4.34. The first-order valence-electron chi connectivity index (χ1n) is 3.98. The van der Waals surface area contributed by atoms with Gasteiger partial charge in [-0.25, -0.2) is 4.98 Å². The minimum absolute atomic E-state index is 0.442. The van der Waals surface area contributed by atoms with E-state index in [0.29, 0.717) is 11.9 Å². The Morgan fingerprint density at radius 2 is 2.42 bits per heavy atom. The van der Waals surface area contributed by atoms with Crippen LogP contribution < -0.4 is 0 Å². The molecular weight excluding hydrogens is 154 g/mol. The Balaban J connectivity index is 2.17. The van der Waals surface area contributed by atoms with Crippen molar-refractivity contribution in [3.05, 3.63) is 18.2 Å². The third kappa shape index (κ3) is 1.04. The van der Waals surface area contributed by atoms with Crippen LogP contribution >= 0.6 is 0 Å². The van der Waals surface area contributed by atoms with Crippen LogP contribution in [0, 0.1) is 0 Å². The third-order valence-corrected chi connectivity index (χ3v) is 2.24. The molecule has 0 bridgehead atoms. The summed E-state index contributed by atoms with van der Waals surface area (Å²) in [7, 11) is 2.06. The van der Waals surface area contributed by atoms with Gasteiger partial charge in [0.2, 0.25) is 0 Å². The summed E-state index contributed by atoms with van der Waals surface area (Å²) in [5, 5.41) is 0. The summed E-state index contributed by atoms with van der Waals surface area (Å²) in [5.41, 5.74) is 0. The quantitative estimate of drug-likeness (QED) is 0.587. The number of aldehydes is 1. The second kappa shape index (κ2) is 2.71. The molecule has 0 atom stereocenters. The molecule has 1 aliphatic heterocycles. The predicted molar refractivity (Wildman–Crippen MR) is 44.1 cm³/mol. The minimum atomic E-state index is 0.442. The summed E-state index contributed by atoms with van der Waals surface area (Å²) in [5.74, 6) is 0.535. The standard InChI is InChI=1S/C8H11N3O/c1-10-4-7(5-10)11-3-2-9-8(11)6-12/h2-3,6-7H,4-5H2,1H3. The van der Waals surface area contributed by atoms with Gasteiger partial charge in [0, 0.05) is 25.5 Å². The van der Waals surface area contributed by atoms with Crippen LogP contribution in [0.15, 0.2) is 12.4 Å². The Hall–Kier alpha value is -1.16. The SMILES string of the molecule is CN1CC(n2ccnc2C=O)C1. The van der Waals surface area contributed by atoms with Crippen LogP contribution in [0.5, 0.6) is 0 Å². The smallest absolute Gasteiger partial charge is 0.185 e. The second-order valence-electron chi connectivity index (χ2n) is 3.19. The van der Waals surface area contributed by atoms with Crippen LogP contribution in [0.4, 0.5) is 0 Å². The maximum absolute atomic E-state index is 10.5. The third-order valence-electron chi connectivity index (χ3n) is 2.24. The van der Waals surface area contributed by atoms with Gasteiger partial charge in [0.1, 0.15) is 0 Å². The van der Waals surface area contributed by atoms with Gasteiger partial charge in [-0.3, -0.25) is 4.79 Å². The van der Waals surface area contributed by atoms with Gasteiger partial charge in [-0.1, -0.05) is 0 Å². The summed E-state index contributed by atoms with van der Waals surface area (Å²) in [6, 6.07) is 0.442. The average Bonchev–Trinajstić information content (AvgIpc) is 2.45. The number of hydrogen-bond acceptors (Lipinski definition) is 3. The Kier molecular flexibility index (Phi) is 1.69. The highest BCUT2D eigenvalue weighted by molar-refractivity contribution is 5.69. The van der Waals surface area contributed by atoms with E-state index in [1.807, 2.05) is 10.8 Å². The zero-order chi connectivity index (χ0) is 8.55. The van der Waals surface area contributed by atoms with E-state index < -0.39 is 0 Å². The van der Waals surface area contributed by atoms with Gasteiger partial charge in [-0.05, 0) is 7.05 Å². The highest BCUT2D eigenvalue weighted by Crippen LogP contribution is 2.19. The minimum Gasteiger partial charge on any atom is -0.323 e. The zero-order valence-corrected chi connectivity index (χ0v) is 6.97. The fraction of sp³-hybridized carbons (Fsp3) is 0.500. The lowest BCUT2D eigenvalue weighted by molar-refractivity contribution is 0.107. The molecule has 0 aliphatic carbocycles. The molecule has 12 heavy (non-hydrogen) atoms. The molecular formula is C8H11N3O. The van der Waals surface area contributed by atoms with Crippen molar-refractivity contribution in [1.82, 2.24) is 14.5 Å². The van der Waals surface area contributed by atoms with Crippen LogP contribution in [0.2, 0.25) is 0 Å². The van der Waals surface area contributed by atoms with Gasteiger partial charge in [-0.2, -0.15) is 0 Å². The molecule has 1 saturated heterocycles. The van der Waals surface area contributed by atoms with Crippen LogP contribution in [0.25, 0.3) is 0 Å².